The van der Waals surface area contributed by atoms with Gasteiger partial charge in [-0.05, 0) is 73.5 Å². The van der Waals surface area contributed by atoms with Gasteiger partial charge in [-0.3, -0.25) is 0 Å². The molecule has 0 fully saturated rings. The van der Waals surface area contributed by atoms with E-state index in [1.807, 2.05) is 7.05 Å². The van der Waals surface area contributed by atoms with Crippen molar-refractivity contribution in [2.45, 2.75) is 38.6 Å². The zero-order valence-electron chi connectivity index (χ0n) is 12.8. The average Bonchev–Trinajstić information content (AvgIpc) is 2.79. The average molecular weight is 431 g/mol. The monoisotopic (exact) mass is 429 g/mol. The summed E-state index contributed by atoms with van der Waals surface area (Å²) >= 11 is 8.93. The van der Waals surface area contributed by atoms with Gasteiger partial charge in [0.25, 0.3) is 0 Å². The van der Waals surface area contributed by atoms with Crippen LogP contribution in [-0.4, -0.2) is 7.05 Å². The number of hydrogen-bond donors (Lipinski definition) is 1. The lowest BCUT2D eigenvalue weighted by atomic mass is 9.81. The minimum absolute atomic E-state index is 0.209. The van der Waals surface area contributed by atoms with Crippen molar-refractivity contribution in [1.29, 1.82) is 0 Å². The van der Waals surface area contributed by atoms with E-state index in [1.54, 1.807) is 11.3 Å². The van der Waals surface area contributed by atoms with E-state index in [0.717, 1.165) is 10.2 Å². The Morgan fingerprint density at radius 3 is 2.24 bits per heavy atom. The second-order valence-electron chi connectivity index (χ2n) is 5.86. The molecule has 0 amide bonds. The van der Waals surface area contributed by atoms with Gasteiger partial charge in [-0.2, -0.15) is 0 Å². The molecule has 0 radical (unpaired) electrons. The van der Waals surface area contributed by atoms with Gasteiger partial charge in [-0.25, -0.2) is 0 Å². The molecule has 2 aromatic rings. The van der Waals surface area contributed by atoms with Crippen LogP contribution in [0.3, 0.4) is 0 Å². The van der Waals surface area contributed by atoms with Crippen molar-refractivity contribution in [2.24, 2.45) is 0 Å². The highest BCUT2D eigenvalue weighted by molar-refractivity contribution is 9.12. The van der Waals surface area contributed by atoms with Crippen LogP contribution in [0.5, 0.6) is 0 Å². The molecule has 1 atom stereocenters. The Kier molecular flexibility index (Phi) is 5.69. The van der Waals surface area contributed by atoms with Gasteiger partial charge in [0.05, 0.1) is 13.6 Å². The molecule has 1 nitrogen and oxygen atoms in total. The lowest BCUT2D eigenvalue weighted by Crippen LogP contribution is -2.19. The zero-order valence-corrected chi connectivity index (χ0v) is 16.8. The number of thiophene rings is 1. The number of nitrogens with one attached hydrogen (secondary N) is 1. The molecule has 0 aliphatic carbocycles. The van der Waals surface area contributed by atoms with E-state index in [9.17, 15) is 0 Å². The van der Waals surface area contributed by atoms with Crippen LogP contribution in [-0.2, 0) is 5.41 Å². The van der Waals surface area contributed by atoms with Crippen LogP contribution < -0.4 is 5.32 Å². The van der Waals surface area contributed by atoms with Gasteiger partial charge in [0, 0.05) is 0 Å². The fourth-order valence-electron chi connectivity index (χ4n) is 2.38. The SMILES string of the molecule is CCC(C)(C)c1ccc(C(NC)c2cc(Br)sc2Br)cc1. The fraction of sp³-hybridized carbons (Fsp3) is 0.412. The predicted molar refractivity (Wildman–Crippen MR) is 100 cm³/mol. The van der Waals surface area contributed by atoms with E-state index in [4.69, 9.17) is 0 Å². The molecular formula is C17H21Br2NS. The first kappa shape index (κ1) is 17.2. The van der Waals surface area contributed by atoms with Gasteiger partial charge in [0.2, 0.25) is 0 Å². The van der Waals surface area contributed by atoms with Crippen LogP contribution in [0, 0.1) is 0 Å². The highest BCUT2D eigenvalue weighted by Gasteiger charge is 2.20. The first-order valence-corrected chi connectivity index (χ1v) is 9.51. The van der Waals surface area contributed by atoms with Crippen molar-refractivity contribution in [2.75, 3.05) is 7.05 Å². The summed E-state index contributed by atoms with van der Waals surface area (Å²) < 4.78 is 2.32. The summed E-state index contributed by atoms with van der Waals surface area (Å²) in [5, 5.41) is 3.42. The van der Waals surface area contributed by atoms with Crippen molar-refractivity contribution >= 4 is 43.2 Å². The minimum atomic E-state index is 0.209. The summed E-state index contributed by atoms with van der Waals surface area (Å²) in [4.78, 5) is 0. The second kappa shape index (κ2) is 6.95. The number of hydrogen-bond acceptors (Lipinski definition) is 2. The van der Waals surface area contributed by atoms with Crippen LogP contribution >= 0.6 is 43.2 Å². The molecule has 0 aliphatic rings. The third-order valence-corrected chi connectivity index (χ3v) is 6.58. The van der Waals surface area contributed by atoms with E-state index < -0.39 is 0 Å². The van der Waals surface area contributed by atoms with Gasteiger partial charge in [0.15, 0.2) is 0 Å². The molecule has 0 spiro atoms. The lowest BCUT2D eigenvalue weighted by Gasteiger charge is -2.24. The van der Waals surface area contributed by atoms with E-state index in [2.05, 4.69) is 88.3 Å². The summed E-state index contributed by atoms with van der Waals surface area (Å²) in [6, 6.07) is 11.4. The van der Waals surface area contributed by atoms with Gasteiger partial charge >= 0.3 is 0 Å². The Balaban J connectivity index is 2.34. The van der Waals surface area contributed by atoms with Crippen molar-refractivity contribution in [1.82, 2.24) is 5.32 Å². The molecule has 1 aromatic heterocycles. The first-order valence-electron chi connectivity index (χ1n) is 7.11. The molecular weight excluding hydrogens is 410 g/mol. The third kappa shape index (κ3) is 3.79. The zero-order chi connectivity index (χ0) is 15.6. The Morgan fingerprint density at radius 2 is 1.81 bits per heavy atom. The molecule has 0 saturated heterocycles. The molecule has 1 unspecified atom stereocenters. The molecule has 1 N–H and O–H groups in total. The highest BCUT2D eigenvalue weighted by atomic mass is 79.9. The van der Waals surface area contributed by atoms with Crippen LogP contribution in [0.15, 0.2) is 37.9 Å². The third-order valence-electron chi connectivity index (χ3n) is 4.19. The number of halogens is 2. The normalized spacial score (nSPS) is 13.4. The smallest absolute Gasteiger partial charge is 0.0761 e. The first-order chi connectivity index (χ1) is 9.89. The molecule has 0 aliphatic heterocycles. The predicted octanol–water partition coefficient (Wildman–Crippen LogP) is 6.27. The van der Waals surface area contributed by atoms with Gasteiger partial charge in [-0.1, -0.05) is 45.0 Å². The molecule has 1 aromatic carbocycles. The molecule has 2 rings (SSSR count). The van der Waals surface area contributed by atoms with Crippen LogP contribution in [0.25, 0.3) is 0 Å². The Labute approximate surface area is 148 Å². The van der Waals surface area contributed by atoms with Gasteiger partial charge in [0.1, 0.15) is 0 Å². The minimum Gasteiger partial charge on any atom is -0.309 e. The topological polar surface area (TPSA) is 12.0 Å². The molecule has 0 bridgehead atoms. The maximum Gasteiger partial charge on any atom is 0.0761 e. The summed E-state index contributed by atoms with van der Waals surface area (Å²) in [5.41, 5.74) is 4.20. The largest absolute Gasteiger partial charge is 0.309 e. The molecule has 1 heterocycles. The summed E-state index contributed by atoms with van der Waals surface area (Å²) in [6.07, 6.45) is 1.14. The number of benzene rings is 1. The fourth-order valence-corrected chi connectivity index (χ4v) is 5.28. The summed E-state index contributed by atoms with van der Waals surface area (Å²) in [6.45, 7) is 6.83. The maximum atomic E-state index is 3.66. The van der Waals surface area contributed by atoms with Crippen LogP contribution in [0.4, 0.5) is 0 Å². The van der Waals surface area contributed by atoms with Gasteiger partial charge < -0.3 is 5.32 Å². The van der Waals surface area contributed by atoms with Crippen molar-refractivity contribution < 1.29 is 0 Å². The Morgan fingerprint density at radius 1 is 1.19 bits per heavy atom. The highest BCUT2D eigenvalue weighted by Crippen LogP contribution is 2.38. The molecule has 21 heavy (non-hydrogen) atoms. The lowest BCUT2D eigenvalue weighted by molar-refractivity contribution is 0.506. The quantitative estimate of drug-likeness (QED) is 0.589. The number of rotatable bonds is 5. The van der Waals surface area contributed by atoms with E-state index in [-0.39, 0.29) is 11.5 Å². The second-order valence-corrected chi connectivity index (χ2v) is 9.61. The summed E-state index contributed by atoms with van der Waals surface area (Å²) in [5.74, 6) is 0. The molecule has 114 valence electrons. The van der Waals surface area contributed by atoms with Gasteiger partial charge in [-0.15, -0.1) is 11.3 Å². The maximum absolute atomic E-state index is 3.66. The van der Waals surface area contributed by atoms with Crippen molar-refractivity contribution in [3.63, 3.8) is 0 Å². The van der Waals surface area contributed by atoms with E-state index >= 15 is 0 Å². The van der Waals surface area contributed by atoms with Crippen molar-refractivity contribution in [3.05, 3.63) is 54.6 Å². The summed E-state index contributed by atoms with van der Waals surface area (Å²) in [7, 11) is 2.01. The molecule has 0 saturated carbocycles. The van der Waals surface area contributed by atoms with Crippen LogP contribution in [0.2, 0.25) is 0 Å². The molecule has 4 heteroatoms. The van der Waals surface area contributed by atoms with Crippen molar-refractivity contribution in [3.8, 4) is 0 Å². The Bertz CT molecular complexity index is 602. The van der Waals surface area contributed by atoms with Crippen LogP contribution in [0.1, 0.15) is 49.9 Å². The van der Waals surface area contributed by atoms with E-state index in [0.29, 0.717) is 0 Å². The Hall–Kier alpha value is -0.160. The standard InChI is InChI=1S/C17H21Br2NS/c1-5-17(2,3)12-8-6-11(7-9-12)15(20-4)13-10-14(18)21-16(13)19/h6-10,15,20H,5H2,1-4H3. The van der Waals surface area contributed by atoms with E-state index in [1.165, 1.54) is 20.5 Å².